The number of fused-ring (bicyclic) bond motifs is 1. The van der Waals surface area contributed by atoms with Crippen LogP contribution in [0.1, 0.15) is 111 Å². The van der Waals surface area contributed by atoms with Crippen molar-refractivity contribution in [3.63, 3.8) is 0 Å². The number of allylic oxidation sites excluding steroid dienone is 12. The smallest absolute Gasteiger partial charge is 0.306 e. The fourth-order valence-corrected chi connectivity index (χ4v) is 5.46. The summed E-state index contributed by atoms with van der Waals surface area (Å²) < 4.78 is 11.2. The van der Waals surface area contributed by atoms with Crippen LogP contribution in [-0.4, -0.2) is 35.7 Å². The van der Waals surface area contributed by atoms with Crippen LogP contribution >= 0.6 is 0 Å². The molecule has 2 aliphatic carbocycles. The molecule has 4 atom stereocenters. The van der Waals surface area contributed by atoms with E-state index in [0.717, 1.165) is 56.1 Å². The molecule has 0 radical (unpaired) electrons. The maximum Gasteiger partial charge on any atom is 0.306 e. The molecule has 3 aliphatic rings. The molecule has 0 bridgehead atoms. The van der Waals surface area contributed by atoms with Crippen molar-refractivity contribution in [1.29, 1.82) is 0 Å². The molecular formula is C41H56O6. The van der Waals surface area contributed by atoms with Gasteiger partial charge in [0.1, 0.15) is 12.2 Å². The van der Waals surface area contributed by atoms with Gasteiger partial charge >= 0.3 is 11.9 Å². The van der Waals surface area contributed by atoms with Gasteiger partial charge in [-0.1, -0.05) is 93.7 Å². The summed E-state index contributed by atoms with van der Waals surface area (Å²) in [6, 6.07) is 0. The van der Waals surface area contributed by atoms with Gasteiger partial charge in [0.15, 0.2) is 11.6 Å². The summed E-state index contributed by atoms with van der Waals surface area (Å²) >= 11 is 0. The standard InChI is InChI=1S/C21H30O3.C20H26O3/c1-4-6-8-10-12-21(23)24-18(11-9-7-5-2)14-15-19-17(3)13-16-20(19)22;1-2-3-6-10-17-13-14-18-16(12-15-19(18)21)9-7-4-5-8-11-20(22)23-17/h4,6-7,9,13,15-18H,5,8,10-12,14H2,1-3H3;3-4,6-7,12,14-17H,2,5,8-11,13H2,1H3/b6-4-,9-7-,19-15+;6-3-,7-4-,18-14+. The summed E-state index contributed by atoms with van der Waals surface area (Å²) in [6.45, 7) is 8.13. The second-order valence-corrected chi connectivity index (χ2v) is 12.1. The Balaban J connectivity index is 0.000000327. The van der Waals surface area contributed by atoms with E-state index in [1.807, 2.05) is 44.2 Å². The van der Waals surface area contributed by atoms with Crippen molar-refractivity contribution in [3.05, 3.63) is 96.2 Å². The predicted octanol–water partition coefficient (Wildman–Crippen LogP) is 9.55. The lowest BCUT2D eigenvalue weighted by molar-refractivity contribution is -0.149. The summed E-state index contributed by atoms with van der Waals surface area (Å²) in [5, 5.41) is 0. The summed E-state index contributed by atoms with van der Waals surface area (Å²) in [7, 11) is 0. The first-order valence-corrected chi connectivity index (χ1v) is 17.6. The van der Waals surface area contributed by atoms with E-state index in [1.165, 1.54) is 0 Å². The molecule has 0 saturated heterocycles. The van der Waals surface area contributed by atoms with E-state index >= 15 is 0 Å². The Morgan fingerprint density at radius 2 is 1.72 bits per heavy atom. The first-order valence-electron chi connectivity index (χ1n) is 17.6. The van der Waals surface area contributed by atoms with Gasteiger partial charge in [0.25, 0.3) is 0 Å². The number of ketones is 2. The first kappa shape index (κ1) is 39.4. The van der Waals surface area contributed by atoms with Gasteiger partial charge in [0.2, 0.25) is 0 Å². The second-order valence-electron chi connectivity index (χ2n) is 12.1. The fourth-order valence-electron chi connectivity index (χ4n) is 5.46. The average molecular weight is 645 g/mol. The Labute approximate surface area is 283 Å². The molecule has 0 amide bonds. The number of ether oxygens (including phenoxy) is 2. The van der Waals surface area contributed by atoms with Crippen molar-refractivity contribution >= 4 is 23.5 Å². The quantitative estimate of drug-likeness (QED) is 0.0859. The van der Waals surface area contributed by atoms with Crippen LogP contribution in [0.3, 0.4) is 0 Å². The Hall–Kier alpha value is -3.80. The number of hydrogen-bond acceptors (Lipinski definition) is 6. The van der Waals surface area contributed by atoms with E-state index in [2.05, 4.69) is 56.4 Å². The highest BCUT2D eigenvalue weighted by Gasteiger charge is 2.23. The summed E-state index contributed by atoms with van der Waals surface area (Å²) in [6.07, 6.45) is 36.9. The van der Waals surface area contributed by atoms with Gasteiger partial charge in [-0.3, -0.25) is 19.2 Å². The molecule has 1 aliphatic heterocycles. The predicted molar refractivity (Wildman–Crippen MR) is 190 cm³/mol. The van der Waals surface area contributed by atoms with Crippen molar-refractivity contribution in [2.24, 2.45) is 11.8 Å². The minimum absolute atomic E-state index is 0.0722. The molecule has 0 N–H and O–H groups in total. The highest BCUT2D eigenvalue weighted by atomic mass is 16.5. The van der Waals surface area contributed by atoms with Crippen LogP contribution in [0.4, 0.5) is 0 Å². The number of cyclic esters (lactones) is 1. The molecule has 0 aromatic rings. The average Bonchev–Trinajstić information content (AvgIpc) is 3.57. The van der Waals surface area contributed by atoms with Gasteiger partial charge in [-0.05, 0) is 64.0 Å². The molecule has 47 heavy (non-hydrogen) atoms. The third kappa shape index (κ3) is 16.0. The van der Waals surface area contributed by atoms with Crippen molar-refractivity contribution < 1.29 is 28.7 Å². The number of unbranched alkanes of at least 4 members (excludes halogenated alkanes) is 1. The Kier molecular flexibility index (Phi) is 19.7. The lowest BCUT2D eigenvalue weighted by atomic mass is 9.96. The number of carbonyl (C=O) groups excluding carboxylic acids is 4. The van der Waals surface area contributed by atoms with Gasteiger partial charge in [0.05, 0.1) is 0 Å². The maximum absolute atomic E-state index is 12.0. The molecule has 6 nitrogen and oxygen atoms in total. The molecule has 1 heterocycles. The molecular weight excluding hydrogens is 588 g/mol. The van der Waals surface area contributed by atoms with E-state index in [9.17, 15) is 19.2 Å². The zero-order valence-corrected chi connectivity index (χ0v) is 29.0. The van der Waals surface area contributed by atoms with Crippen LogP contribution in [0.25, 0.3) is 0 Å². The van der Waals surface area contributed by atoms with E-state index in [0.29, 0.717) is 38.5 Å². The van der Waals surface area contributed by atoms with Gasteiger partial charge < -0.3 is 9.47 Å². The molecule has 4 unspecified atom stereocenters. The van der Waals surface area contributed by atoms with Crippen LogP contribution in [-0.2, 0) is 28.7 Å². The minimum Gasteiger partial charge on any atom is -0.462 e. The van der Waals surface area contributed by atoms with Crippen molar-refractivity contribution in [3.8, 4) is 0 Å². The molecule has 0 saturated carbocycles. The molecule has 3 rings (SSSR count). The zero-order chi connectivity index (χ0) is 34.3. The summed E-state index contributed by atoms with van der Waals surface area (Å²) in [4.78, 5) is 47.8. The molecule has 256 valence electrons. The zero-order valence-electron chi connectivity index (χ0n) is 29.0. The van der Waals surface area contributed by atoms with E-state index in [1.54, 1.807) is 12.2 Å². The first-order chi connectivity index (χ1) is 22.8. The highest BCUT2D eigenvalue weighted by Crippen LogP contribution is 2.27. The number of rotatable bonds is 13. The molecule has 0 aromatic carbocycles. The van der Waals surface area contributed by atoms with Crippen LogP contribution in [0.15, 0.2) is 96.2 Å². The largest absolute Gasteiger partial charge is 0.462 e. The summed E-state index contributed by atoms with van der Waals surface area (Å²) in [5.74, 6) is 0.188. The number of hydrogen-bond donors (Lipinski definition) is 0. The van der Waals surface area contributed by atoms with Crippen LogP contribution in [0.5, 0.6) is 0 Å². The molecule has 6 heteroatoms. The van der Waals surface area contributed by atoms with Crippen molar-refractivity contribution in [2.45, 2.75) is 123 Å². The Morgan fingerprint density at radius 3 is 2.45 bits per heavy atom. The Bertz CT molecular complexity index is 1250. The van der Waals surface area contributed by atoms with Gasteiger partial charge in [-0.2, -0.15) is 0 Å². The highest BCUT2D eigenvalue weighted by molar-refractivity contribution is 6.07. The van der Waals surface area contributed by atoms with E-state index in [4.69, 9.17) is 9.47 Å². The third-order valence-electron chi connectivity index (χ3n) is 8.17. The van der Waals surface area contributed by atoms with Gasteiger partial charge in [-0.15, -0.1) is 0 Å². The number of esters is 2. The lowest BCUT2D eigenvalue weighted by Gasteiger charge is -2.16. The Morgan fingerprint density at radius 1 is 0.957 bits per heavy atom. The van der Waals surface area contributed by atoms with Crippen LogP contribution in [0.2, 0.25) is 0 Å². The second kappa shape index (κ2) is 23.5. The number of carbonyl (C=O) groups is 4. The lowest BCUT2D eigenvalue weighted by Crippen LogP contribution is -2.17. The van der Waals surface area contributed by atoms with Crippen LogP contribution < -0.4 is 0 Å². The third-order valence-corrected chi connectivity index (χ3v) is 8.17. The molecule has 0 aromatic heterocycles. The topological polar surface area (TPSA) is 86.7 Å². The summed E-state index contributed by atoms with van der Waals surface area (Å²) in [5.41, 5.74) is 1.65. The van der Waals surface area contributed by atoms with Crippen molar-refractivity contribution in [2.75, 3.05) is 0 Å². The SMILES string of the molecule is C/C=C\CCCC(=O)OC(C/C=C\CC)C/C=C1/C(=O)C=CC1C.CC/C=C\CC1C/C=C2/C(=O)C=CC2C/C=C\CCCC(=O)O1. The monoisotopic (exact) mass is 644 g/mol. The molecule has 0 spiro atoms. The van der Waals surface area contributed by atoms with E-state index in [-0.39, 0.29) is 47.5 Å². The van der Waals surface area contributed by atoms with Gasteiger partial charge in [0, 0.05) is 61.5 Å². The fraction of sp³-hybridized carbons (Fsp3) is 0.512. The maximum atomic E-state index is 12.0. The van der Waals surface area contributed by atoms with Crippen molar-refractivity contribution in [1.82, 2.24) is 0 Å². The molecule has 0 fully saturated rings. The van der Waals surface area contributed by atoms with Crippen LogP contribution in [0, 0.1) is 11.8 Å². The minimum atomic E-state index is -0.199. The van der Waals surface area contributed by atoms with E-state index < -0.39 is 0 Å². The van der Waals surface area contributed by atoms with Gasteiger partial charge in [-0.25, -0.2) is 0 Å². The normalized spacial score (nSPS) is 25.1.